The second-order valence-corrected chi connectivity index (χ2v) is 6.59. The van der Waals surface area contributed by atoms with Gasteiger partial charge in [-0.05, 0) is 39.7 Å². The minimum Gasteiger partial charge on any atom is -0.444 e. The molecule has 2 atom stereocenters. The summed E-state index contributed by atoms with van der Waals surface area (Å²) in [7, 11) is 0. The van der Waals surface area contributed by atoms with E-state index in [-0.39, 0.29) is 13.0 Å². The summed E-state index contributed by atoms with van der Waals surface area (Å²) in [6.07, 6.45) is -2.50. The van der Waals surface area contributed by atoms with Crippen molar-refractivity contribution in [1.82, 2.24) is 5.32 Å². The maximum absolute atomic E-state index is 11.5. The number of aryl methyl sites for hydroxylation is 1. The number of benzene rings is 1. The molecule has 1 aromatic rings. The standard InChI is InChI=1S/C16H24ClNO4/c1-10-6-5-7-11(13(10)17)14(20)12(19)8-9-18-15(21)22-16(2,3)4/h5-7,12,14,19-20H,8-9H2,1-4H3,(H,18,21). The molecule has 0 bridgehead atoms. The van der Waals surface area contributed by atoms with Gasteiger partial charge in [0.05, 0.1) is 6.10 Å². The zero-order valence-corrected chi connectivity index (χ0v) is 14.1. The quantitative estimate of drug-likeness (QED) is 0.776. The predicted molar refractivity (Wildman–Crippen MR) is 86.0 cm³/mol. The van der Waals surface area contributed by atoms with Crippen LogP contribution < -0.4 is 5.32 Å². The highest BCUT2D eigenvalue weighted by molar-refractivity contribution is 6.32. The van der Waals surface area contributed by atoms with Crippen molar-refractivity contribution in [2.45, 2.75) is 51.9 Å². The zero-order chi connectivity index (χ0) is 16.9. The summed E-state index contributed by atoms with van der Waals surface area (Å²) < 4.78 is 5.08. The van der Waals surface area contributed by atoms with E-state index in [2.05, 4.69) is 5.32 Å². The second kappa shape index (κ2) is 7.81. The number of alkyl carbamates (subject to hydrolysis) is 1. The van der Waals surface area contributed by atoms with Crippen molar-refractivity contribution in [3.63, 3.8) is 0 Å². The molecule has 5 nitrogen and oxygen atoms in total. The van der Waals surface area contributed by atoms with Gasteiger partial charge in [0.15, 0.2) is 0 Å². The Hall–Kier alpha value is -1.30. The van der Waals surface area contributed by atoms with Crippen molar-refractivity contribution < 1.29 is 19.7 Å². The SMILES string of the molecule is Cc1cccc(C(O)C(O)CCNC(=O)OC(C)(C)C)c1Cl. The Morgan fingerprint density at radius 1 is 1.36 bits per heavy atom. The number of aliphatic hydroxyl groups is 2. The zero-order valence-electron chi connectivity index (χ0n) is 13.4. The van der Waals surface area contributed by atoms with Crippen molar-refractivity contribution in [2.75, 3.05) is 6.54 Å². The van der Waals surface area contributed by atoms with Crippen LogP contribution in [-0.2, 0) is 4.74 Å². The van der Waals surface area contributed by atoms with Gasteiger partial charge in [-0.2, -0.15) is 0 Å². The van der Waals surface area contributed by atoms with E-state index in [1.54, 1.807) is 32.9 Å². The predicted octanol–water partition coefficient (Wildman–Crippen LogP) is 2.96. The topological polar surface area (TPSA) is 78.8 Å². The molecule has 0 radical (unpaired) electrons. The first-order chi connectivity index (χ1) is 10.1. The Kier molecular flexibility index (Phi) is 6.66. The molecule has 3 N–H and O–H groups in total. The highest BCUT2D eigenvalue weighted by Gasteiger charge is 2.22. The third kappa shape index (κ3) is 5.83. The lowest BCUT2D eigenvalue weighted by Crippen LogP contribution is -2.34. The van der Waals surface area contributed by atoms with Gasteiger partial charge >= 0.3 is 6.09 Å². The van der Waals surface area contributed by atoms with Gasteiger partial charge < -0.3 is 20.3 Å². The maximum Gasteiger partial charge on any atom is 0.407 e. The van der Waals surface area contributed by atoms with E-state index in [4.69, 9.17) is 16.3 Å². The Labute approximate surface area is 136 Å². The number of ether oxygens (including phenoxy) is 1. The average Bonchev–Trinajstić information content (AvgIpc) is 2.39. The fourth-order valence-corrected chi connectivity index (χ4v) is 2.14. The van der Waals surface area contributed by atoms with Crippen LogP contribution in [0.4, 0.5) is 4.79 Å². The van der Waals surface area contributed by atoms with Crippen molar-refractivity contribution in [3.05, 3.63) is 34.3 Å². The Morgan fingerprint density at radius 2 is 2.00 bits per heavy atom. The number of rotatable bonds is 5. The van der Waals surface area contributed by atoms with E-state index in [1.165, 1.54) is 0 Å². The summed E-state index contributed by atoms with van der Waals surface area (Å²) in [6, 6.07) is 5.27. The van der Waals surface area contributed by atoms with E-state index in [0.717, 1.165) is 5.56 Å². The van der Waals surface area contributed by atoms with Gasteiger partial charge in [0.1, 0.15) is 11.7 Å². The van der Waals surface area contributed by atoms with Crippen LogP contribution >= 0.6 is 11.6 Å². The molecule has 0 fully saturated rings. The van der Waals surface area contributed by atoms with E-state index in [0.29, 0.717) is 10.6 Å². The molecule has 0 saturated carbocycles. The molecule has 1 aromatic carbocycles. The van der Waals surface area contributed by atoms with Crippen LogP contribution in [0.25, 0.3) is 0 Å². The molecule has 0 heterocycles. The summed E-state index contributed by atoms with van der Waals surface area (Å²) in [6.45, 7) is 7.33. The lowest BCUT2D eigenvalue weighted by atomic mass is 10.0. The molecular formula is C16H24ClNO4. The van der Waals surface area contributed by atoms with E-state index in [1.807, 2.05) is 13.0 Å². The molecule has 0 spiro atoms. The lowest BCUT2D eigenvalue weighted by molar-refractivity contribution is 0.0123. The smallest absolute Gasteiger partial charge is 0.407 e. The lowest BCUT2D eigenvalue weighted by Gasteiger charge is -2.22. The first kappa shape index (κ1) is 18.7. The van der Waals surface area contributed by atoms with Crippen molar-refractivity contribution in [1.29, 1.82) is 0 Å². The summed E-state index contributed by atoms with van der Waals surface area (Å²) >= 11 is 6.13. The van der Waals surface area contributed by atoms with Gasteiger partial charge in [-0.1, -0.05) is 29.8 Å². The first-order valence-electron chi connectivity index (χ1n) is 7.20. The monoisotopic (exact) mass is 329 g/mol. The number of carbonyl (C=O) groups excluding carboxylic acids is 1. The fraction of sp³-hybridized carbons (Fsp3) is 0.562. The van der Waals surface area contributed by atoms with Crippen LogP contribution in [0.3, 0.4) is 0 Å². The van der Waals surface area contributed by atoms with Gasteiger partial charge in [0.2, 0.25) is 0 Å². The van der Waals surface area contributed by atoms with Gasteiger partial charge in [0.25, 0.3) is 0 Å². The highest BCUT2D eigenvalue weighted by Crippen LogP contribution is 2.28. The minimum absolute atomic E-state index is 0.185. The molecule has 1 amide bonds. The number of hydrogen-bond acceptors (Lipinski definition) is 4. The molecule has 124 valence electrons. The van der Waals surface area contributed by atoms with E-state index in [9.17, 15) is 15.0 Å². The molecule has 22 heavy (non-hydrogen) atoms. The van der Waals surface area contributed by atoms with Crippen LogP contribution in [-0.4, -0.2) is 34.6 Å². The maximum atomic E-state index is 11.5. The summed E-state index contributed by atoms with van der Waals surface area (Å²) in [5.74, 6) is 0. The van der Waals surface area contributed by atoms with E-state index < -0.39 is 23.9 Å². The molecule has 0 aromatic heterocycles. The number of halogens is 1. The molecule has 0 saturated heterocycles. The Balaban J connectivity index is 2.50. The van der Waals surface area contributed by atoms with Crippen LogP contribution in [0.15, 0.2) is 18.2 Å². The van der Waals surface area contributed by atoms with Crippen LogP contribution in [0, 0.1) is 6.92 Å². The largest absolute Gasteiger partial charge is 0.444 e. The second-order valence-electron chi connectivity index (χ2n) is 6.21. The normalized spacial score (nSPS) is 14.3. The summed E-state index contributed by atoms with van der Waals surface area (Å²) in [4.78, 5) is 11.5. The van der Waals surface area contributed by atoms with Crippen molar-refractivity contribution >= 4 is 17.7 Å². The van der Waals surface area contributed by atoms with E-state index >= 15 is 0 Å². The Bertz CT molecular complexity index is 513. The third-order valence-corrected chi connectivity index (χ3v) is 3.53. The van der Waals surface area contributed by atoms with Gasteiger partial charge in [-0.25, -0.2) is 4.79 Å². The van der Waals surface area contributed by atoms with Crippen LogP contribution in [0.2, 0.25) is 5.02 Å². The number of amides is 1. The molecule has 2 unspecified atom stereocenters. The summed E-state index contributed by atoms with van der Waals surface area (Å²) in [5, 5.41) is 23.2. The molecule has 1 rings (SSSR count). The average molecular weight is 330 g/mol. The van der Waals surface area contributed by atoms with Gasteiger partial charge in [-0.15, -0.1) is 0 Å². The van der Waals surface area contributed by atoms with Crippen LogP contribution in [0.5, 0.6) is 0 Å². The van der Waals surface area contributed by atoms with Crippen molar-refractivity contribution in [2.24, 2.45) is 0 Å². The molecule has 0 aliphatic carbocycles. The van der Waals surface area contributed by atoms with Crippen molar-refractivity contribution in [3.8, 4) is 0 Å². The van der Waals surface area contributed by atoms with Gasteiger partial charge in [0, 0.05) is 17.1 Å². The number of carbonyl (C=O) groups is 1. The van der Waals surface area contributed by atoms with Gasteiger partial charge in [-0.3, -0.25) is 0 Å². The minimum atomic E-state index is -1.10. The molecular weight excluding hydrogens is 306 g/mol. The molecule has 0 aliphatic heterocycles. The molecule has 0 aliphatic rings. The molecule has 6 heteroatoms. The number of hydrogen-bond donors (Lipinski definition) is 3. The number of aliphatic hydroxyl groups excluding tert-OH is 2. The Morgan fingerprint density at radius 3 is 2.59 bits per heavy atom. The highest BCUT2D eigenvalue weighted by atomic mass is 35.5. The first-order valence-corrected chi connectivity index (χ1v) is 7.57. The van der Waals surface area contributed by atoms with Crippen LogP contribution in [0.1, 0.15) is 44.4 Å². The summed E-state index contributed by atoms with van der Waals surface area (Å²) in [5.41, 5.74) is 0.737. The third-order valence-electron chi connectivity index (χ3n) is 3.01. The number of nitrogens with one attached hydrogen (secondary N) is 1. The fourth-order valence-electron chi connectivity index (χ4n) is 1.90.